The summed E-state index contributed by atoms with van der Waals surface area (Å²) in [7, 11) is 1.44. The number of amides is 2. The summed E-state index contributed by atoms with van der Waals surface area (Å²) in [6.07, 6.45) is 3.13. The molecule has 12 heteroatoms. The minimum atomic E-state index is -0.669. The second kappa shape index (κ2) is 9.14. The number of rotatable bonds is 5. The van der Waals surface area contributed by atoms with Gasteiger partial charge in [-0.2, -0.15) is 5.26 Å². The molecule has 0 saturated carbocycles. The molecule has 2 amide bonds. The molecule has 3 N–H and O–H groups in total. The van der Waals surface area contributed by atoms with Gasteiger partial charge in [-0.05, 0) is 42.8 Å². The van der Waals surface area contributed by atoms with Gasteiger partial charge in [-0.15, -0.1) is 5.10 Å². The fraction of sp³-hybridized carbons (Fsp3) is 0.0769. The Labute approximate surface area is 214 Å². The summed E-state index contributed by atoms with van der Waals surface area (Å²) < 4.78 is 19.5. The van der Waals surface area contributed by atoms with Gasteiger partial charge < -0.3 is 15.5 Å². The summed E-state index contributed by atoms with van der Waals surface area (Å²) in [5, 5.41) is 15.8. The molecule has 0 radical (unpaired) electrons. The van der Waals surface area contributed by atoms with Crippen molar-refractivity contribution >= 4 is 23.0 Å². The van der Waals surface area contributed by atoms with Crippen molar-refractivity contribution in [2.75, 3.05) is 5.32 Å². The number of nitrogens with two attached hydrogens (primary N) is 1. The van der Waals surface area contributed by atoms with Crippen molar-refractivity contribution in [2.24, 2.45) is 12.8 Å². The third kappa shape index (κ3) is 4.07. The molecular weight excluding hydrogens is 491 g/mol. The number of nitriles is 1. The van der Waals surface area contributed by atoms with Crippen molar-refractivity contribution in [2.45, 2.75) is 6.92 Å². The van der Waals surface area contributed by atoms with E-state index in [1.165, 1.54) is 29.8 Å². The number of aryl methyl sites for hydroxylation is 2. The zero-order valence-corrected chi connectivity index (χ0v) is 20.1. The van der Waals surface area contributed by atoms with E-state index in [0.29, 0.717) is 22.6 Å². The van der Waals surface area contributed by atoms with Gasteiger partial charge in [0.25, 0.3) is 5.91 Å². The highest BCUT2D eigenvalue weighted by Gasteiger charge is 2.22. The molecule has 0 saturated heterocycles. The Bertz CT molecular complexity index is 1860. The van der Waals surface area contributed by atoms with E-state index in [4.69, 9.17) is 5.73 Å². The van der Waals surface area contributed by atoms with Crippen LogP contribution in [0, 0.1) is 24.1 Å². The number of halogens is 1. The zero-order chi connectivity index (χ0) is 27.1. The number of carbonyl (C=O) groups is 2. The molecule has 0 fully saturated rings. The van der Waals surface area contributed by atoms with Crippen molar-refractivity contribution in [3.63, 3.8) is 0 Å². The first kappa shape index (κ1) is 24.1. The predicted octanol–water partition coefficient (Wildman–Crippen LogP) is 2.56. The Morgan fingerprint density at radius 1 is 1.13 bits per heavy atom. The summed E-state index contributed by atoms with van der Waals surface area (Å²) in [4.78, 5) is 41.2. The lowest BCUT2D eigenvalue weighted by Crippen LogP contribution is -2.21. The summed E-state index contributed by atoms with van der Waals surface area (Å²) in [6, 6.07) is 14.3. The van der Waals surface area contributed by atoms with E-state index in [9.17, 15) is 19.6 Å². The Hall–Kier alpha value is -5.57. The molecule has 0 unspecified atom stereocenters. The average Bonchev–Trinajstić information content (AvgIpc) is 3.38. The third-order valence-electron chi connectivity index (χ3n) is 5.89. The van der Waals surface area contributed by atoms with Gasteiger partial charge in [0.05, 0.1) is 11.4 Å². The zero-order valence-electron chi connectivity index (χ0n) is 20.1. The van der Waals surface area contributed by atoms with E-state index in [1.54, 1.807) is 49.5 Å². The Balaban J connectivity index is 1.54. The molecule has 38 heavy (non-hydrogen) atoms. The number of nitrogens with zero attached hydrogens (tertiary/aromatic N) is 6. The van der Waals surface area contributed by atoms with Crippen molar-refractivity contribution in [1.82, 2.24) is 23.7 Å². The lowest BCUT2D eigenvalue weighted by Gasteiger charge is -2.08. The predicted molar refractivity (Wildman–Crippen MR) is 135 cm³/mol. The van der Waals surface area contributed by atoms with Crippen molar-refractivity contribution in [3.05, 3.63) is 100 Å². The van der Waals surface area contributed by atoms with Crippen LogP contribution in [-0.2, 0) is 7.05 Å². The smallest absolute Gasteiger partial charge is 0.351 e. The molecule has 188 valence electrons. The lowest BCUT2D eigenvalue weighted by atomic mass is 10.1. The minimum absolute atomic E-state index is 0.0338. The van der Waals surface area contributed by atoms with Crippen LogP contribution in [0.1, 0.15) is 32.4 Å². The molecule has 11 nitrogen and oxygen atoms in total. The van der Waals surface area contributed by atoms with Gasteiger partial charge in [-0.3, -0.25) is 9.59 Å². The van der Waals surface area contributed by atoms with E-state index in [0.717, 1.165) is 9.25 Å². The Morgan fingerprint density at radius 2 is 1.87 bits per heavy atom. The molecular formula is C26H19FN8O3. The van der Waals surface area contributed by atoms with E-state index < -0.39 is 23.3 Å². The Morgan fingerprint density at radius 3 is 2.55 bits per heavy atom. The van der Waals surface area contributed by atoms with Crippen LogP contribution in [0.15, 0.2) is 65.7 Å². The molecule has 2 aromatic carbocycles. The molecule has 5 aromatic rings. The molecule has 5 rings (SSSR count). The number of hydrogen-bond donors (Lipinski definition) is 2. The van der Waals surface area contributed by atoms with Crippen LogP contribution in [-0.4, -0.2) is 35.5 Å². The maximum atomic E-state index is 15.8. The third-order valence-corrected chi connectivity index (χ3v) is 5.89. The maximum Gasteiger partial charge on any atom is 0.351 e. The van der Waals surface area contributed by atoms with Crippen LogP contribution < -0.4 is 16.7 Å². The average molecular weight is 510 g/mol. The monoisotopic (exact) mass is 510 g/mol. The van der Waals surface area contributed by atoms with Gasteiger partial charge in [-0.25, -0.2) is 23.4 Å². The number of nitrogens with one attached hydrogen (secondary N) is 1. The highest BCUT2D eigenvalue weighted by atomic mass is 19.1. The fourth-order valence-electron chi connectivity index (χ4n) is 4.15. The highest BCUT2D eigenvalue weighted by molar-refractivity contribution is 6.08. The van der Waals surface area contributed by atoms with E-state index in [-0.39, 0.29) is 28.2 Å². The van der Waals surface area contributed by atoms with Gasteiger partial charge >= 0.3 is 5.69 Å². The number of primary amides is 1. The Kier molecular flexibility index (Phi) is 5.81. The van der Waals surface area contributed by atoms with Crippen LogP contribution in [0.4, 0.5) is 10.1 Å². The molecule has 0 spiro atoms. The van der Waals surface area contributed by atoms with Crippen LogP contribution in [0.3, 0.4) is 0 Å². The summed E-state index contributed by atoms with van der Waals surface area (Å²) >= 11 is 0. The second-order valence-corrected chi connectivity index (χ2v) is 8.47. The minimum Gasteiger partial charge on any atom is -0.366 e. The molecule has 3 heterocycles. The molecule has 3 aromatic heterocycles. The van der Waals surface area contributed by atoms with Crippen molar-refractivity contribution in [1.29, 1.82) is 5.26 Å². The van der Waals surface area contributed by atoms with Gasteiger partial charge in [-0.1, -0.05) is 18.2 Å². The summed E-state index contributed by atoms with van der Waals surface area (Å²) in [6.45, 7) is 1.68. The van der Waals surface area contributed by atoms with E-state index in [2.05, 4.69) is 15.4 Å². The number of aromatic nitrogens is 5. The number of hydrogen-bond acceptors (Lipinski definition) is 6. The summed E-state index contributed by atoms with van der Waals surface area (Å²) in [5.74, 6) is -2.07. The van der Waals surface area contributed by atoms with Crippen LogP contribution >= 0.6 is 0 Å². The number of carbonyl (C=O) groups excluding carboxylic acids is 2. The first-order valence-electron chi connectivity index (χ1n) is 11.2. The topological polar surface area (TPSA) is 153 Å². The van der Waals surface area contributed by atoms with Gasteiger partial charge in [0.15, 0.2) is 11.5 Å². The lowest BCUT2D eigenvalue weighted by molar-refractivity contribution is 0.0995. The van der Waals surface area contributed by atoms with Gasteiger partial charge in [0, 0.05) is 36.3 Å². The van der Waals surface area contributed by atoms with Crippen molar-refractivity contribution in [3.8, 4) is 22.9 Å². The normalized spacial score (nSPS) is 10.9. The standard InChI is InChI=1S/C26H19FN8O3/c1-14-12-34-13-19(15-6-8-18(9-7-15)35-20(11-28)32-33(2)26(35)38)21(27)23(34)22(30-14)25(37)31-17-5-3-4-16(10-17)24(29)36/h3-10,12-13H,1-2H3,(H2,29,36)(H,31,37). The van der Waals surface area contributed by atoms with Gasteiger partial charge in [0.2, 0.25) is 11.7 Å². The number of anilines is 1. The fourth-order valence-corrected chi connectivity index (χ4v) is 4.15. The largest absolute Gasteiger partial charge is 0.366 e. The molecule has 0 atom stereocenters. The maximum absolute atomic E-state index is 15.8. The van der Waals surface area contributed by atoms with Crippen LogP contribution in [0.25, 0.3) is 22.3 Å². The molecule has 0 aliphatic rings. The summed E-state index contributed by atoms with van der Waals surface area (Å²) in [5.41, 5.74) is 6.70. The van der Waals surface area contributed by atoms with E-state index in [1.807, 2.05) is 6.07 Å². The molecule has 0 aliphatic heterocycles. The highest BCUT2D eigenvalue weighted by Crippen LogP contribution is 2.30. The SMILES string of the molecule is Cc1cn2cc(-c3ccc(-n4c(C#N)nn(C)c4=O)cc3)c(F)c2c(C(=O)Nc2cccc(C(N)=O)c2)n1. The number of fused-ring (bicyclic) bond motifs is 1. The molecule has 0 bridgehead atoms. The first-order chi connectivity index (χ1) is 18.2. The number of benzene rings is 2. The second-order valence-electron chi connectivity index (χ2n) is 8.47. The van der Waals surface area contributed by atoms with Crippen LogP contribution in [0.2, 0.25) is 0 Å². The van der Waals surface area contributed by atoms with Gasteiger partial charge in [0.1, 0.15) is 11.6 Å². The quantitative estimate of drug-likeness (QED) is 0.371. The molecule has 0 aliphatic carbocycles. The van der Waals surface area contributed by atoms with Crippen molar-refractivity contribution < 1.29 is 14.0 Å². The van der Waals surface area contributed by atoms with Crippen LogP contribution in [0.5, 0.6) is 0 Å². The van der Waals surface area contributed by atoms with E-state index >= 15 is 4.39 Å². The first-order valence-corrected chi connectivity index (χ1v) is 11.2.